The molecule has 8 nitrogen and oxygen atoms in total. The van der Waals surface area contributed by atoms with E-state index in [1.54, 1.807) is 43.1 Å². The van der Waals surface area contributed by atoms with Gasteiger partial charge in [-0.25, -0.2) is 4.52 Å². The highest BCUT2D eigenvalue weighted by molar-refractivity contribution is 6.00. The average Bonchev–Trinajstić information content (AvgIpc) is 3.35. The number of likely N-dealkylation sites (tertiary alicyclic amines) is 2. The van der Waals surface area contributed by atoms with Gasteiger partial charge in [0, 0.05) is 44.0 Å². The Bertz CT molecular complexity index is 1200. The van der Waals surface area contributed by atoms with Crippen LogP contribution in [0.2, 0.25) is 0 Å². The Balaban J connectivity index is 1.29. The number of carbonyl (C=O) groups is 2. The third kappa shape index (κ3) is 4.70. The molecule has 35 heavy (non-hydrogen) atoms. The van der Waals surface area contributed by atoms with Gasteiger partial charge < -0.3 is 19.3 Å². The predicted molar refractivity (Wildman–Crippen MR) is 132 cm³/mol. The molecule has 0 bridgehead atoms. The zero-order valence-electron chi connectivity index (χ0n) is 20.4. The summed E-state index contributed by atoms with van der Waals surface area (Å²) in [6, 6.07) is 9.47. The molecule has 2 fully saturated rings. The van der Waals surface area contributed by atoms with Gasteiger partial charge in [0.15, 0.2) is 0 Å². The van der Waals surface area contributed by atoms with Gasteiger partial charge in [0.25, 0.3) is 11.8 Å². The molecule has 0 spiro atoms. The third-order valence-electron chi connectivity index (χ3n) is 7.27. The molecule has 1 aromatic carbocycles. The summed E-state index contributed by atoms with van der Waals surface area (Å²) in [5.74, 6) is 1.60. The van der Waals surface area contributed by atoms with Gasteiger partial charge in [0.2, 0.25) is 0 Å². The maximum atomic E-state index is 13.2. The average molecular weight is 477 g/mol. The minimum Gasteiger partial charge on any atom is -0.497 e. The van der Waals surface area contributed by atoms with Crippen LogP contribution in [-0.2, 0) is 0 Å². The largest absolute Gasteiger partial charge is 0.497 e. The maximum Gasteiger partial charge on any atom is 0.257 e. The molecule has 8 heteroatoms. The van der Waals surface area contributed by atoms with E-state index in [0.29, 0.717) is 41.6 Å². The summed E-state index contributed by atoms with van der Waals surface area (Å²) in [4.78, 5) is 30.1. The van der Waals surface area contributed by atoms with E-state index < -0.39 is 0 Å². The normalized spacial score (nSPS) is 17.0. The number of benzene rings is 1. The summed E-state index contributed by atoms with van der Waals surface area (Å²) < 4.78 is 12.4. The molecule has 0 atom stereocenters. The second-order valence-corrected chi connectivity index (χ2v) is 9.37. The number of piperidine rings is 2. The van der Waals surface area contributed by atoms with E-state index in [1.807, 2.05) is 16.0 Å². The number of fused-ring (bicyclic) bond motifs is 1. The molecular formula is C27H32N4O4. The number of hydrogen-bond donors (Lipinski definition) is 0. The van der Waals surface area contributed by atoms with Crippen molar-refractivity contribution in [3.05, 3.63) is 59.4 Å². The molecule has 0 aliphatic carbocycles. The van der Waals surface area contributed by atoms with Crippen LogP contribution in [0.5, 0.6) is 11.5 Å². The molecule has 0 N–H and O–H groups in total. The molecule has 2 amide bonds. The van der Waals surface area contributed by atoms with Crippen LogP contribution in [0.4, 0.5) is 0 Å². The molecule has 0 saturated carbocycles. The standard InChI is InChI=1S/C27H32N4O4/c1-34-22-14-21(15-23(17-22)35-2)26(32)30-11-6-19(7-12-30)20-8-13-31-25(16-20)24(18-28-31)27(33)29-9-4-3-5-10-29/h8,13-19H,3-7,9-12H2,1-2H3. The van der Waals surface area contributed by atoms with Crippen LogP contribution < -0.4 is 9.47 Å². The van der Waals surface area contributed by atoms with E-state index in [-0.39, 0.29) is 11.8 Å². The van der Waals surface area contributed by atoms with Gasteiger partial charge in [0.1, 0.15) is 11.5 Å². The summed E-state index contributed by atoms with van der Waals surface area (Å²) in [5, 5.41) is 4.41. The van der Waals surface area contributed by atoms with Gasteiger partial charge in [0.05, 0.1) is 31.5 Å². The van der Waals surface area contributed by atoms with Crippen LogP contribution >= 0.6 is 0 Å². The third-order valence-corrected chi connectivity index (χ3v) is 7.27. The van der Waals surface area contributed by atoms with Crippen LogP contribution in [-0.4, -0.2) is 71.6 Å². The van der Waals surface area contributed by atoms with Crippen molar-refractivity contribution in [1.29, 1.82) is 0 Å². The van der Waals surface area contributed by atoms with Crippen molar-refractivity contribution in [2.24, 2.45) is 0 Å². The van der Waals surface area contributed by atoms with Gasteiger partial charge >= 0.3 is 0 Å². The summed E-state index contributed by atoms with van der Waals surface area (Å²) in [6.45, 7) is 2.99. The van der Waals surface area contributed by atoms with Crippen molar-refractivity contribution in [2.75, 3.05) is 40.4 Å². The minimum atomic E-state index is -0.0127. The zero-order valence-corrected chi connectivity index (χ0v) is 20.4. The highest BCUT2D eigenvalue weighted by Crippen LogP contribution is 2.31. The topological polar surface area (TPSA) is 76.4 Å². The fourth-order valence-corrected chi connectivity index (χ4v) is 5.21. The highest BCUT2D eigenvalue weighted by Gasteiger charge is 2.27. The molecule has 5 rings (SSSR count). The van der Waals surface area contributed by atoms with Crippen molar-refractivity contribution in [3.8, 4) is 11.5 Å². The smallest absolute Gasteiger partial charge is 0.257 e. The summed E-state index contributed by atoms with van der Waals surface area (Å²) in [5.41, 5.74) is 3.30. The lowest BCUT2D eigenvalue weighted by molar-refractivity contribution is 0.0708. The first-order valence-electron chi connectivity index (χ1n) is 12.4. The monoisotopic (exact) mass is 476 g/mol. The van der Waals surface area contributed by atoms with Crippen LogP contribution in [0.15, 0.2) is 42.7 Å². The Hall–Kier alpha value is -3.55. The molecule has 2 aromatic heterocycles. The van der Waals surface area contributed by atoms with Crippen LogP contribution in [0, 0.1) is 0 Å². The van der Waals surface area contributed by atoms with Crippen LogP contribution in [0.25, 0.3) is 5.52 Å². The van der Waals surface area contributed by atoms with E-state index in [9.17, 15) is 9.59 Å². The van der Waals surface area contributed by atoms with Gasteiger partial charge in [-0.15, -0.1) is 0 Å². The van der Waals surface area contributed by atoms with Crippen molar-refractivity contribution in [3.63, 3.8) is 0 Å². The van der Waals surface area contributed by atoms with E-state index in [0.717, 1.165) is 44.3 Å². The lowest BCUT2D eigenvalue weighted by atomic mass is 9.89. The lowest BCUT2D eigenvalue weighted by Gasteiger charge is -2.32. The predicted octanol–water partition coefficient (Wildman–Crippen LogP) is 4.00. The zero-order chi connectivity index (χ0) is 24.4. The molecule has 0 radical (unpaired) electrons. The molecule has 2 aliphatic rings. The van der Waals surface area contributed by atoms with Gasteiger partial charge in [-0.05, 0) is 67.9 Å². The minimum absolute atomic E-state index is 0.0127. The van der Waals surface area contributed by atoms with Crippen molar-refractivity contribution < 1.29 is 19.1 Å². The van der Waals surface area contributed by atoms with Gasteiger partial charge in [-0.3, -0.25) is 9.59 Å². The summed E-state index contributed by atoms with van der Waals surface area (Å²) >= 11 is 0. The first-order chi connectivity index (χ1) is 17.1. The number of aromatic nitrogens is 2. The Morgan fingerprint density at radius 2 is 1.51 bits per heavy atom. The number of nitrogens with zero attached hydrogens (tertiary/aromatic N) is 4. The first kappa shape index (κ1) is 23.2. The molecule has 4 heterocycles. The number of carbonyl (C=O) groups excluding carboxylic acids is 2. The number of amides is 2. The SMILES string of the molecule is COc1cc(OC)cc(C(=O)N2CCC(c3ccn4ncc(C(=O)N5CCCCC5)c4c3)CC2)c1. The van der Waals surface area contributed by atoms with Gasteiger partial charge in [-0.2, -0.15) is 5.10 Å². The van der Waals surface area contributed by atoms with Crippen molar-refractivity contribution in [2.45, 2.75) is 38.0 Å². The second kappa shape index (κ2) is 9.98. The second-order valence-electron chi connectivity index (χ2n) is 9.37. The molecule has 2 saturated heterocycles. The molecule has 0 unspecified atom stereocenters. The summed E-state index contributed by atoms with van der Waals surface area (Å²) in [6.07, 6.45) is 8.69. The number of ether oxygens (including phenoxy) is 2. The van der Waals surface area contributed by atoms with Crippen LogP contribution in [0.1, 0.15) is 64.3 Å². The Morgan fingerprint density at radius 3 is 2.17 bits per heavy atom. The fourth-order valence-electron chi connectivity index (χ4n) is 5.21. The lowest BCUT2D eigenvalue weighted by Crippen LogP contribution is -2.38. The molecule has 2 aliphatic heterocycles. The Labute approximate surface area is 205 Å². The number of rotatable bonds is 5. The van der Waals surface area contributed by atoms with E-state index >= 15 is 0 Å². The molecular weight excluding hydrogens is 444 g/mol. The van der Waals surface area contributed by atoms with E-state index in [4.69, 9.17) is 9.47 Å². The van der Waals surface area contributed by atoms with Crippen molar-refractivity contribution >= 4 is 17.3 Å². The molecule has 184 valence electrons. The van der Waals surface area contributed by atoms with Crippen molar-refractivity contribution in [1.82, 2.24) is 19.4 Å². The Kier molecular flexibility index (Phi) is 6.61. The van der Waals surface area contributed by atoms with E-state index in [2.05, 4.69) is 17.2 Å². The number of pyridine rings is 1. The maximum absolute atomic E-state index is 13.2. The first-order valence-corrected chi connectivity index (χ1v) is 12.4. The van der Waals surface area contributed by atoms with Gasteiger partial charge in [-0.1, -0.05) is 0 Å². The fraction of sp³-hybridized carbons (Fsp3) is 0.444. The van der Waals surface area contributed by atoms with Crippen LogP contribution in [0.3, 0.4) is 0 Å². The number of hydrogen-bond acceptors (Lipinski definition) is 5. The number of methoxy groups -OCH3 is 2. The van der Waals surface area contributed by atoms with E-state index in [1.165, 1.54) is 12.0 Å². The quantitative estimate of drug-likeness (QED) is 0.556. The summed E-state index contributed by atoms with van der Waals surface area (Å²) in [7, 11) is 3.16. The molecule has 3 aromatic rings. The highest BCUT2D eigenvalue weighted by atomic mass is 16.5. The Morgan fingerprint density at radius 1 is 0.857 bits per heavy atom.